The van der Waals surface area contributed by atoms with Gasteiger partial charge in [-0.2, -0.15) is 24.6 Å². The second-order valence-corrected chi connectivity index (χ2v) is 6.42. The van der Waals surface area contributed by atoms with Crippen LogP contribution in [0.4, 0.5) is 13.2 Å². The van der Waals surface area contributed by atoms with Crippen LogP contribution in [-0.2, 0) is 15.1 Å². The van der Waals surface area contributed by atoms with E-state index in [1.807, 2.05) is 30.3 Å². The summed E-state index contributed by atoms with van der Waals surface area (Å²) in [6.45, 7) is 0.637. The normalized spacial score (nSPS) is 7.07. The van der Waals surface area contributed by atoms with Crippen LogP contribution in [0.5, 0.6) is 0 Å². The van der Waals surface area contributed by atoms with Gasteiger partial charge in [-0.3, -0.25) is 0 Å². The summed E-state index contributed by atoms with van der Waals surface area (Å²) in [4.78, 5) is 0. The fourth-order valence-electron chi connectivity index (χ4n) is 0.478. The molecule has 0 saturated heterocycles. The van der Waals surface area contributed by atoms with Crippen LogP contribution in [-0.4, -0.2) is 0 Å². The Bertz CT molecular complexity index is 200. The van der Waals surface area contributed by atoms with Crippen molar-refractivity contribution < 1.29 is 28.3 Å². The maximum absolute atomic E-state index is 9.58. The van der Waals surface area contributed by atoms with Gasteiger partial charge < -0.3 is 13.2 Å². The van der Waals surface area contributed by atoms with Gasteiger partial charge in [-0.15, -0.1) is 29.1 Å². The Morgan fingerprint density at radius 3 is 1.47 bits per heavy atom. The molecule has 0 N–H and O–H groups in total. The van der Waals surface area contributed by atoms with Crippen molar-refractivity contribution >= 4 is 36.4 Å². The minimum atomic E-state index is -3.08. The van der Waals surface area contributed by atoms with Crippen molar-refractivity contribution in [3.8, 4) is 0 Å². The molecule has 1 rings (SSSR count). The molecule has 0 aliphatic carbocycles. The summed E-state index contributed by atoms with van der Waals surface area (Å²) in [6, 6.07) is 9.87. The summed E-state index contributed by atoms with van der Waals surface area (Å²) in [7, 11) is 9.90. The summed E-state index contributed by atoms with van der Waals surface area (Å²) in [5, 5.41) is 0. The van der Waals surface area contributed by atoms with Crippen LogP contribution in [0.25, 0.3) is 0 Å². The first-order valence-corrected chi connectivity index (χ1v) is 11.2. The molecule has 0 radical (unpaired) electrons. The van der Waals surface area contributed by atoms with Gasteiger partial charge in [0, 0.05) is 0 Å². The fourth-order valence-corrected chi connectivity index (χ4v) is 0.478. The van der Waals surface area contributed by atoms with E-state index in [0.717, 1.165) is 5.56 Å². The molecule has 1 aromatic carbocycles. The molecule has 0 fully saturated rings. The summed E-state index contributed by atoms with van der Waals surface area (Å²) in [5.41, 5.74) is 1.07. The molecule has 7 heteroatoms. The molecule has 86 valence electrons. The predicted octanol–water partition coefficient (Wildman–Crippen LogP) is 5.17. The van der Waals surface area contributed by atoms with E-state index in [9.17, 15) is 13.2 Å². The van der Waals surface area contributed by atoms with E-state index in [2.05, 4.69) is 6.92 Å². The zero-order chi connectivity index (χ0) is 11.4. The molecule has 0 nitrogen and oxygen atoms in total. The van der Waals surface area contributed by atoms with Crippen molar-refractivity contribution in [2.75, 3.05) is 0 Å². The Labute approximate surface area is 114 Å². The van der Waals surface area contributed by atoms with Crippen molar-refractivity contribution in [1.29, 1.82) is 0 Å². The van der Waals surface area contributed by atoms with Gasteiger partial charge in [-0.25, -0.2) is 0 Å². The summed E-state index contributed by atoms with van der Waals surface area (Å²) in [5.74, 6) is 0. The van der Waals surface area contributed by atoms with E-state index in [-0.39, 0.29) is 17.0 Å². The van der Waals surface area contributed by atoms with E-state index in [4.69, 9.17) is 19.4 Å². The zero-order valence-electron chi connectivity index (χ0n) is 7.60. The second-order valence-electron chi connectivity index (χ2n) is 1.80. The number of halogens is 6. The molecule has 0 heterocycles. The van der Waals surface area contributed by atoms with Gasteiger partial charge in [-0.05, 0) is 0 Å². The molecule has 0 atom stereocenters. The third-order valence-corrected chi connectivity index (χ3v) is 0.843. The molecule has 0 bridgehead atoms. The number of benzene rings is 1. The minimum absolute atomic E-state index is 0. The number of hydrogen-bond donors (Lipinski definition) is 0. The molecule has 15 heavy (non-hydrogen) atoms. The van der Waals surface area contributed by atoms with Crippen LogP contribution < -0.4 is 0 Å². The summed E-state index contributed by atoms with van der Waals surface area (Å²) >= 11 is -0.931. The molecule has 0 saturated carbocycles. The van der Waals surface area contributed by atoms with Crippen molar-refractivity contribution in [3.05, 3.63) is 49.5 Å². The average molecular weight is 377 g/mol. The standard InChI is InChI=1S/C7H7.CF3.BrH.2ClH.Zn/c1-7-5-3-2-4-6-7;2-1(3)4;;;;/h2-6H,1H2;;3*1H;/q2*-1;;;;+2/p-2. The molecule has 0 aromatic heterocycles. The third-order valence-electron chi connectivity index (χ3n) is 0.843. The molecular weight excluding hydrogens is 369 g/mol. The van der Waals surface area contributed by atoms with Gasteiger partial charge in [0.1, 0.15) is 0 Å². The summed E-state index contributed by atoms with van der Waals surface area (Å²) < 4.78 is 28.8. The van der Waals surface area contributed by atoms with Crippen molar-refractivity contribution in [3.63, 3.8) is 0 Å². The first kappa shape index (κ1) is 20.9. The first-order valence-electron chi connectivity index (χ1n) is 3.37. The topological polar surface area (TPSA) is 0 Å². The molecule has 0 aliphatic heterocycles. The molecule has 0 amide bonds. The van der Waals surface area contributed by atoms with Crippen molar-refractivity contribution in [1.82, 2.24) is 0 Å². The van der Waals surface area contributed by atoms with Gasteiger partial charge in [0.15, 0.2) is 6.68 Å². The molecule has 0 unspecified atom stereocenters. The quantitative estimate of drug-likeness (QED) is 0.433. The zero-order valence-corrected chi connectivity index (χ0v) is 13.8. The van der Waals surface area contributed by atoms with E-state index in [1.165, 1.54) is 0 Å². The SMILES string of the molecule is Br.F[C-](F)F.[CH2-]c1ccccc1.[Cl][Zn][Cl]. The number of rotatable bonds is 0. The fraction of sp³-hybridized carbons (Fsp3) is 0. The van der Waals surface area contributed by atoms with Gasteiger partial charge >= 0.3 is 34.5 Å². The Kier molecular flexibility index (Phi) is 23.7. The van der Waals surface area contributed by atoms with Crippen LogP contribution in [0.2, 0.25) is 0 Å². The van der Waals surface area contributed by atoms with Crippen LogP contribution in [0.15, 0.2) is 30.3 Å². The van der Waals surface area contributed by atoms with Crippen LogP contribution in [0.1, 0.15) is 5.56 Å². The predicted molar refractivity (Wildman–Crippen MR) is 59.5 cm³/mol. The van der Waals surface area contributed by atoms with Gasteiger partial charge in [0.2, 0.25) is 0 Å². The Balaban J connectivity index is -0.000000158. The molecule has 0 aliphatic rings. The Morgan fingerprint density at radius 2 is 1.33 bits per heavy atom. The maximum atomic E-state index is 9.58. The second kappa shape index (κ2) is 17.0. The van der Waals surface area contributed by atoms with Crippen molar-refractivity contribution in [2.45, 2.75) is 0 Å². The van der Waals surface area contributed by atoms with Crippen LogP contribution in [0.3, 0.4) is 0 Å². The van der Waals surface area contributed by atoms with Gasteiger partial charge in [0.05, 0.1) is 0 Å². The van der Waals surface area contributed by atoms with E-state index in [0.29, 0.717) is 0 Å². The van der Waals surface area contributed by atoms with E-state index in [1.54, 1.807) is 0 Å². The monoisotopic (exact) mass is 374 g/mol. The Hall–Kier alpha value is 0.563. The molecule has 0 spiro atoms. The number of hydrogen-bond acceptors (Lipinski definition) is 0. The third kappa shape index (κ3) is 31.3. The molecule has 1 aromatic rings. The summed E-state index contributed by atoms with van der Waals surface area (Å²) in [6.07, 6.45) is 0. The van der Waals surface area contributed by atoms with Crippen LogP contribution >= 0.6 is 36.4 Å². The van der Waals surface area contributed by atoms with Crippen molar-refractivity contribution in [2.24, 2.45) is 0 Å². The van der Waals surface area contributed by atoms with E-state index >= 15 is 0 Å². The molecular formula is C8H8BrCl2F3Zn-2. The van der Waals surface area contributed by atoms with Gasteiger partial charge in [-0.1, -0.05) is 6.07 Å². The van der Waals surface area contributed by atoms with E-state index < -0.39 is 21.8 Å². The van der Waals surface area contributed by atoms with Gasteiger partial charge in [0.25, 0.3) is 0 Å². The van der Waals surface area contributed by atoms with Crippen LogP contribution in [0, 0.1) is 13.6 Å². The average Bonchev–Trinajstić information content (AvgIpc) is 2.05. The Morgan fingerprint density at radius 1 is 1.07 bits per heavy atom. The first-order chi connectivity index (χ1) is 6.54.